The third-order valence-electron chi connectivity index (χ3n) is 5.17. The van der Waals surface area contributed by atoms with Gasteiger partial charge in [0.25, 0.3) is 5.91 Å². The monoisotopic (exact) mass is 492 g/mol. The van der Waals surface area contributed by atoms with Crippen LogP contribution in [0.5, 0.6) is 0 Å². The molecular formula is C20H20Cl2F2N2O4S. The molecule has 31 heavy (non-hydrogen) atoms. The summed E-state index contributed by atoms with van der Waals surface area (Å²) in [5.41, 5.74) is 0.288. The Hall–Kier alpha value is -1.78. The van der Waals surface area contributed by atoms with Crippen LogP contribution in [0.4, 0.5) is 8.78 Å². The predicted molar refractivity (Wildman–Crippen MR) is 113 cm³/mol. The van der Waals surface area contributed by atoms with Gasteiger partial charge < -0.3 is 9.64 Å². The molecular weight excluding hydrogens is 473 g/mol. The van der Waals surface area contributed by atoms with Crippen molar-refractivity contribution < 1.29 is 26.7 Å². The molecule has 3 rings (SSSR count). The molecule has 0 bridgehead atoms. The van der Waals surface area contributed by atoms with Gasteiger partial charge in [0.05, 0.1) is 34.9 Å². The summed E-state index contributed by atoms with van der Waals surface area (Å²) in [7, 11) is -2.52. The van der Waals surface area contributed by atoms with Crippen molar-refractivity contribution in [1.82, 2.24) is 9.21 Å². The molecule has 1 atom stereocenters. The molecule has 6 nitrogen and oxygen atoms in total. The Bertz CT molecular complexity index is 1110. The number of sulfonamides is 1. The standard InChI is InChI=1S/C20H20Cl2F2N2O4S/c1-12(13-3-4-17(23)18(24)9-13)25(2)20(27)14-10-19(16(22)11-15(14)21)31(28,29)26-5-7-30-8-6-26/h3-4,9-12H,5-8H2,1-2H3. The summed E-state index contributed by atoms with van der Waals surface area (Å²) < 4.78 is 59.3. The molecule has 1 amide bonds. The first-order valence-corrected chi connectivity index (χ1v) is 11.5. The predicted octanol–water partition coefficient (Wildman–Crippen LogP) is 4.13. The van der Waals surface area contributed by atoms with Crippen LogP contribution in [0, 0.1) is 11.6 Å². The highest BCUT2D eigenvalue weighted by molar-refractivity contribution is 7.89. The highest BCUT2D eigenvalue weighted by Gasteiger charge is 2.31. The number of hydrogen-bond acceptors (Lipinski definition) is 4. The van der Waals surface area contributed by atoms with Crippen LogP contribution in [0.25, 0.3) is 0 Å². The van der Waals surface area contributed by atoms with E-state index in [2.05, 4.69) is 0 Å². The topological polar surface area (TPSA) is 66.9 Å². The summed E-state index contributed by atoms with van der Waals surface area (Å²) in [5.74, 6) is -2.63. The highest BCUT2D eigenvalue weighted by atomic mass is 35.5. The van der Waals surface area contributed by atoms with Crippen molar-refractivity contribution in [2.75, 3.05) is 33.4 Å². The molecule has 168 valence electrons. The van der Waals surface area contributed by atoms with Gasteiger partial charge in [0.1, 0.15) is 4.90 Å². The molecule has 11 heteroatoms. The quantitative estimate of drug-likeness (QED) is 0.629. The lowest BCUT2D eigenvalue weighted by atomic mass is 10.1. The first-order valence-electron chi connectivity index (χ1n) is 9.33. The van der Waals surface area contributed by atoms with Crippen molar-refractivity contribution in [2.45, 2.75) is 17.9 Å². The van der Waals surface area contributed by atoms with E-state index in [-0.39, 0.29) is 46.8 Å². The van der Waals surface area contributed by atoms with Crippen LogP contribution in [-0.2, 0) is 14.8 Å². The summed E-state index contributed by atoms with van der Waals surface area (Å²) >= 11 is 12.4. The van der Waals surface area contributed by atoms with E-state index in [1.165, 1.54) is 28.4 Å². The van der Waals surface area contributed by atoms with E-state index in [4.69, 9.17) is 27.9 Å². The lowest BCUT2D eigenvalue weighted by Gasteiger charge is -2.28. The van der Waals surface area contributed by atoms with Crippen LogP contribution < -0.4 is 0 Å². The van der Waals surface area contributed by atoms with Crippen molar-refractivity contribution in [1.29, 1.82) is 0 Å². The minimum absolute atomic E-state index is 0.0275. The minimum Gasteiger partial charge on any atom is -0.379 e. The summed E-state index contributed by atoms with van der Waals surface area (Å²) in [4.78, 5) is 14.1. The fraction of sp³-hybridized carbons (Fsp3) is 0.350. The summed E-state index contributed by atoms with van der Waals surface area (Å²) in [6, 6.07) is 5.05. The molecule has 1 unspecified atom stereocenters. The van der Waals surface area contributed by atoms with Crippen molar-refractivity contribution in [3.8, 4) is 0 Å². The van der Waals surface area contributed by atoms with E-state index in [0.29, 0.717) is 5.56 Å². The minimum atomic E-state index is -3.97. The zero-order valence-electron chi connectivity index (χ0n) is 16.7. The van der Waals surface area contributed by atoms with E-state index in [1.807, 2.05) is 0 Å². The van der Waals surface area contributed by atoms with Gasteiger partial charge in [-0.1, -0.05) is 29.3 Å². The van der Waals surface area contributed by atoms with E-state index >= 15 is 0 Å². The molecule has 1 fully saturated rings. The van der Waals surface area contributed by atoms with Crippen LogP contribution in [0.3, 0.4) is 0 Å². The third-order valence-corrected chi connectivity index (χ3v) is 7.84. The first kappa shape index (κ1) is 23.9. The van der Waals surface area contributed by atoms with Crippen molar-refractivity contribution in [3.63, 3.8) is 0 Å². The number of morpholine rings is 1. The smallest absolute Gasteiger partial charge is 0.255 e. The second-order valence-corrected chi connectivity index (χ2v) is 9.77. The molecule has 1 saturated heterocycles. The lowest BCUT2D eigenvalue weighted by Crippen LogP contribution is -2.40. The number of benzene rings is 2. The van der Waals surface area contributed by atoms with E-state index < -0.39 is 33.6 Å². The van der Waals surface area contributed by atoms with Gasteiger partial charge in [-0.05, 0) is 36.8 Å². The van der Waals surface area contributed by atoms with Crippen LogP contribution in [0.2, 0.25) is 10.0 Å². The normalized spacial score (nSPS) is 16.2. The number of rotatable bonds is 5. The van der Waals surface area contributed by atoms with Crippen LogP contribution in [0.1, 0.15) is 28.9 Å². The number of amides is 1. The molecule has 2 aromatic rings. The number of halogens is 4. The highest BCUT2D eigenvalue weighted by Crippen LogP contribution is 2.33. The second-order valence-electron chi connectivity index (χ2n) is 7.04. The largest absolute Gasteiger partial charge is 0.379 e. The SMILES string of the molecule is CC(c1ccc(F)c(F)c1)N(C)C(=O)c1cc(S(=O)(=O)N2CCOCC2)c(Cl)cc1Cl. The zero-order valence-corrected chi connectivity index (χ0v) is 19.1. The number of carbonyl (C=O) groups is 1. The Morgan fingerprint density at radius 3 is 2.35 bits per heavy atom. The maximum absolute atomic E-state index is 13.6. The van der Waals surface area contributed by atoms with Gasteiger partial charge in [-0.15, -0.1) is 0 Å². The van der Waals surface area contributed by atoms with Gasteiger partial charge >= 0.3 is 0 Å². The molecule has 0 saturated carbocycles. The van der Waals surface area contributed by atoms with E-state index in [1.54, 1.807) is 6.92 Å². The molecule has 0 radical (unpaired) electrons. The Balaban J connectivity index is 1.95. The molecule has 0 aromatic heterocycles. The molecule has 0 spiro atoms. The molecule has 1 aliphatic rings. The average Bonchev–Trinajstić information content (AvgIpc) is 2.74. The van der Waals surface area contributed by atoms with Crippen molar-refractivity contribution in [3.05, 3.63) is 63.1 Å². The van der Waals surface area contributed by atoms with Gasteiger partial charge in [-0.25, -0.2) is 17.2 Å². The molecule has 0 N–H and O–H groups in total. The fourth-order valence-corrected chi connectivity index (χ4v) is 5.42. The first-order chi connectivity index (χ1) is 14.5. The van der Waals surface area contributed by atoms with Crippen LogP contribution >= 0.6 is 23.2 Å². The summed E-state index contributed by atoms with van der Waals surface area (Å²) in [6.07, 6.45) is 0. The number of nitrogens with zero attached hydrogens (tertiary/aromatic N) is 2. The van der Waals surface area contributed by atoms with Gasteiger partial charge in [-0.3, -0.25) is 4.79 Å². The van der Waals surface area contributed by atoms with Gasteiger partial charge in [0.2, 0.25) is 10.0 Å². The maximum Gasteiger partial charge on any atom is 0.255 e. The second kappa shape index (κ2) is 9.38. The van der Waals surface area contributed by atoms with Crippen LogP contribution in [0.15, 0.2) is 35.2 Å². The zero-order chi connectivity index (χ0) is 22.9. The van der Waals surface area contributed by atoms with Crippen molar-refractivity contribution >= 4 is 39.1 Å². The molecule has 1 aliphatic heterocycles. The van der Waals surface area contributed by atoms with Gasteiger partial charge in [-0.2, -0.15) is 4.31 Å². The van der Waals surface area contributed by atoms with Gasteiger partial charge in [0.15, 0.2) is 11.6 Å². The Morgan fingerprint density at radius 2 is 1.74 bits per heavy atom. The third kappa shape index (κ3) is 4.85. The number of carbonyl (C=O) groups excluding carboxylic acids is 1. The maximum atomic E-state index is 13.6. The lowest BCUT2D eigenvalue weighted by molar-refractivity contribution is 0.0728. The van der Waals surface area contributed by atoms with E-state index in [0.717, 1.165) is 18.2 Å². The summed E-state index contributed by atoms with van der Waals surface area (Å²) in [5, 5.41) is -0.135. The Kier molecular flexibility index (Phi) is 7.22. The van der Waals surface area contributed by atoms with E-state index in [9.17, 15) is 22.0 Å². The molecule has 2 aromatic carbocycles. The number of ether oxygens (including phenoxy) is 1. The number of hydrogen-bond donors (Lipinski definition) is 0. The van der Waals surface area contributed by atoms with Crippen molar-refractivity contribution in [2.24, 2.45) is 0 Å². The molecule has 0 aliphatic carbocycles. The fourth-order valence-electron chi connectivity index (χ4n) is 3.18. The van der Waals surface area contributed by atoms with Gasteiger partial charge in [0, 0.05) is 20.1 Å². The molecule has 1 heterocycles. The van der Waals surface area contributed by atoms with Crippen LogP contribution in [-0.4, -0.2) is 56.9 Å². The Morgan fingerprint density at radius 1 is 1.10 bits per heavy atom. The Labute approximate surface area is 189 Å². The summed E-state index contributed by atoms with van der Waals surface area (Å²) in [6.45, 7) is 2.46. The average molecular weight is 493 g/mol.